The van der Waals surface area contributed by atoms with Crippen molar-refractivity contribution in [2.75, 3.05) is 13.2 Å². The maximum atomic E-state index is 14.6. The summed E-state index contributed by atoms with van der Waals surface area (Å²) < 4.78 is 25.3. The minimum absolute atomic E-state index is 0.104. The van der Waals surface area contributed by atoms with Crippen LogP contribution in [0.1, 0.15) is 25.8 Å². The van der Waals surface area contributed by atoms with Crippen molar-refractivity contribution < 1.29 is 23.8 Å². The van der Waals surface area contributed by atoms with Crippen LogP contribution in [-0.4, -0.2) is 24.3 Å². The molecule has 2 aromatic carbocycles. The first-order valence-corrected chi connectivity index (χ1v) is 8.50. The third kappa shape index (κ3) is 4.92. The van der Waals surface area contributed by atoms with Crippen molar-refractivity contribution in [3.05, 3.63) is 59.9 Å². The molecule has 26 heavy (non-hydrogen) atoms. The first-order valence-electron chi connectivity index (χ1n) is 8.50. The van der Waals surface area contributed by atoms with E-state index in [1.54, 1.807) is 18.2 Å². The summed E-state index contributed by atoms with van der Waals surface area (Å²) in [6, 6.07) is 9.82. The Morgan fingerprint density at radius 2 is 1.92 bits per heavy atom. The van der Waals surface area contributed by atoms with Crippen molar-refractivity contribution in [1.29, 1.82) is 0 Å². The molecular weight excluding hydrogens is 335 g/mol. The van der Waals surface area contributed by atoms with Crippen LogP contribution < -0.4 is 9.47 Å². The Morgan fingerprint density at radius 1 is 1.19 bits per heavy atom. The van der Waals surface area contributed by atoms with Gasteiger partial charge in [0.15, 0.2) is 0 Å². The third-order valence-electron chi connectivity index (χ3n) is 3.73. The van der Waals surface area contributed by atoms with E-state index >= 15 is 0 Å². The van der Waals surface area contributed by atoms with Crippen molar-refractivity contribution in [1.82, 2.24) is 0 Å². The Bertz CT molecular complexity index is 799. The molecular formula is C21H23FO4. The number of esters is 1. The minimum atomic E-state index is -0.603. The summed E-state index contributed by atoms with van der Waals surface area (Å²) in [5.74, 6) is -0.396. The van der Waals surface area contributed by atoms with Gasteiger partial charge in [0.2, 0.25) is 0 Å². The van der Waals surface area contributed by atoms with Gasteiger partial charge < -0.3 is 14.6 Å². The Kier molecular flexibility index (Phi) is 6.92. The number of halogens is 1. The second-order valence-corrected chi connectivity index (χ2v) is 5.96. The lowest BCUT2D eigenvalue weighted by atomic mass is 10.0. The molecule has 0 aliphatic heterocycles. The summed E-state index contributed by atoms with van der Waals surface area (Å²) in [5.41, 5.74) is 1.92. The highest BCUT2D eigenvalue weighted by atomic mass is 19.1. The van der Waals surface area contributed by atoms with Crippen molar-refractivity contribution >= 4 is 5.97 Å². The van der Waals surface area contributed by atoms with Crippen molar-refractivity contribution in [3.8, 4) is 22.6 Å². The molecule has 0 aliphatic carbocycles. The molecule has 5 heteroatoms. The highest BCUT2D eigenvalue weighted by molar-refractivity contribution is 5.90. The van der Waals surface area contributed by atoms with Gasteiger partial charge in [-0.2, -0.15) is 0 Å². The van der Waals surface area contributed by atoms with Crippen LogP contribution >= 0.6 is 0 Å². The molecule has 0 bridgehead atoms. The number of carbonyl (C=O) groups is 1. The molecule has 0 radical (unpaired) electrons. The highest BCUT2D eigenvalue weighted by Gasteiger charge is 2.16. The third-order valence-corrected chi connectivity index (χ3v) is 3.73. The molecule has 0 heterocycles. The lowest BCUT2D eigenvalue weighted by Gasteiger charge is -2.14. The molecule has 0 saturated heterocycles. The number of aryl methyl sites for hydroxylation is 1. The van der Waals surface area contributed by atoms with Crippen molar-refractivity contribution in [2.24, 2.45) is 0 Å². The zero-order chi connectivity index (χ0) is 19.1. The van der Waals surface area contributed by atoms with Crippen LogP contribution in [0.15, 0.2) is 48.6 Å². The SMILES string of the molecule is C=C(C)C(=O)Oc1cc(OCCO)ccc1-c1ccc(CCC)cc1F. The van der Waals surface area contributed by atoms with Crippen molar-refractivity contribution in [3.63, 3.8) is 0 Å². The molecule has 0 fully saturated rings. The van der Waals surface area contributed by atoms with E-state index in [0.717, 1.165) is 18.4 Å². The van der Waals surface area contributed by atoms with Gasteiger partial charge >= 0.3 is 5.97 Å². The van der Waals surface area contributed by atoms with Crippen LogP contribution in [0, 0.1) is 5.82 Å². The molecule has 4 nitrogen and oxygen atoms in total. The number of rotatable bonds is 8. The standard InChI is InChI=1S/C21H23FO4/c1-4-5-15-6-8-17(19(22)12-15)18-9-7-16(25-11-10-23)13-20(18)26-21(24)14(2)3/h6-9,12-13,23H,2,4-5,10-11H2,1,3H3. The average molecular weight is 358 g/mol. The van der Waals surface area contributed by atoms with Gasteiger partial charge in [-0.1, -0.05) is 32.1 Å². The predicted octanol–water partition coefficient (Wildman–Crippen LogP) is 4.30. The fraction of sp³-hybridized carbons (Fsp3) is 0.286. The van der Waals surface area contributed by atoms with Gasteiger partial charge in [0.25, 0.3) is 0 Å². The first kappa shape index (κ1) is 19.7. The first-order chi connectivity index (χ1) is 12.5. The fourth-order valence-corrected chi connectivity index (χ4v) is 2.47. The quantitative estimate of drug-likeness (QED) is 0.434. The fourth-order valence-electron chi connectivity index (χ4n) is 2.47. The van der Waals surface area contributed by atoms with E-state index in [0.29, 0.717) is 16.9 Å². The average Bonchev–Trinajstić information content (AvgIpc) is 2.61. The molecule has 0 spiro atoms. The van der Waals surface area contributed by atoms with Crippen LogP contribution in [0.5, 0.6) is 11.5 Å². The maximum absolute atomic E-state index is 14.6. The second-order valence-electron chi connectivity index (χ2n) is 5.96. The highest BCUT2D eigenvalue weighted by Crippen LogP contribution is 2.35. The number of carbonyl (C=O) groups excluding carboxylic acids is 1. The van der Waals surface area contributed by atoms with Crippen LogP contribution in [0.25, 0.3) is 11.1 Å². The largest absolute Gasteiger partial charge is 0.491 e. The van der Waals surface area contributed by atoms with E-state index < -0.39 is 5.97 Å². The summed E-state index contributed by atoms with van der Waals surface area (Å²) in [4.78, 5) is 11.9. The minimum Gasteiger partial charge on any atom is -0.491 e. The summed E-state index contributed by atoms with van der Waals surface area (Å²) in [7, 11) is 0. The van der Waals surface area contributed by atoms with Crippen LogP contribution in [0.3, 0.4) is 0 Å². The van der Waals surface area contributed by atoms with Gasteiger partial charge in [0, 0.05) is 22.8 Å². The van der Waals surface area contributed by atoms with Gasteiger partial charge in [-0.3, -0.25) is 0 Å². The van der Waals surface area contributed by atoms with Gasteiger partial charge in [-0.15, -0.1) is 0 Å². The number of hydrogen-bond acceptors (Lipinski definition) is 4. The zero-order valence-corrected chi connectivity index (χ0v) is 15.0. The van der Waals surface area contributed by atoms with E-state index in [9.17, 15) is 9.18 Å². The smallest absolute Gasteiger partial charge is 0.338 e. The zero-order valence-electron chi connectivity index (χ0n) is 15.0. The monoisotopic (exact) mass is 358 g/mol. The normalized spacial score (nSPS) is 10.5. The van der Waals surface area contributed by atoms with E-state index in [2.05, 4.69) is 6.58 Å². The predicted molar refractivity (Wildman–Crippen MR) is 98.9 cm³/mol. The molecule has 0 unspecified atom stereocenters. The second kappa shape index (κ2) is 9.15. The van der Waals surface area contributed by atoms with Gasteiger partial charge in [0.05, 0.1) is 6.61 Å². The molecule has 0 aliphatic rings. The Balaban J connectivity index is 2.45. The van der Waals surface area contributed by atoms with Gasteiger partial charge in [-0.05, 0) is 37.1 Å². The Hall–Kier alpha value is -2.66. The molecule has 138 valence electrons. The number of aliphatic hydroxyl groups excluding tert-OH is 1. The van der Waals surface area contributed by atoms with Crippen LogP contribution in [0.4, 0.5) is 4.39 Å². The lowest BCUT2D eigenvalue weighted by molar-refractivity contribution is -0.130. The van der Waals surface area contributed by atoms with Crippen LogP contribution in [-0.2, 0) is 11.2 Å². The van der Waals surface area contributed by atoms with E-state index in [1.165, 1.54) is 19.1 Å². The van der Waals surface area contributed by atoms with Crippen molar-refractivity contribution in [2.45, 2.75) is 26.7 Å². The number of hydrogen-bond donors (Lipinski definition) is 1. The topological polar surface area (TPSA) is 55.8 Å². The summed E-state index contributed by atoms with van der Waals surface area (Å²) >= 11 is 0. The van der Waals surface area contributed by atoms with E-state index in [-0.39, 0.29) is 30.4 Å². The lowest BCUT2D eigenvalue weighted by Crippen LogP contribution is -2.10. The number of ether oxygens (including phenoxy) is 2. The molecule has 0 aromatic heterocycles. The number of aliphatic hydroxyl groups is 1. The molecule has 2 rings (SSSR count). The van der Waals surface area contributed by atoms with E-state index in [1.807, 2.05) is 13.0 Å². The number of benzene rings is 2. The van der Waals surface area contributed by atoms with Crippen LogP contribution in [0.2, 0.25) is 0 Å². The van der Waals surface area contributed by atoms with Gasteiger partial charge in [0.1, 0.15) is 23.9 Å². The summed E-state index contributed by atoms with van der Waals surface area (Å²) in [5, 5.41) is 8.88. The molecule has 0 saturated carbocycles. The van der Waals surface area contributed by atoms with Gasteiger partial charge in [-0.25, -0.2) is 9.18 Å². The summed E-state index contributed by atoms with van der Waals surface area (Å²) in [6.45, 7) is 7.09. The molecule has 1 N–H and O–H groups in total. The maximum Gasteiger partial charge on any atom is 0.338 e. The Labute approximate surface area is 152 Å². The molecule has 2 aromatic rings. The Morgan fingerprint density at radius 3 is 2.54 bits per heavy atom. The molecule has 0 atom stereocenters. The molecule has 0 amide bonds. The summed E-state index contributed by atoms with van der Waals surface area (Å²) in [6.07, 6.45) is 1.72. The van der Waals surface area contributed by atoms with E-state index in [4.69, 9.17) is 14.6 Å².